The molecule has 8 rings (SSSR count). The highest BCUT2D eigenvalue weighted by Gasteiger charge is 2.16. The topological polar surface area (TPSA) is 9.86 Å². The Kier molecular flexibility index (Phi) is 6.01. The summed E-state index contributed by atoms with van der Waals surface area (Å²) in [6, 6.07) is 56.0. The molecule has 0 N–H and O–H groups in total. The predicted molar refractivity (Wildman–Crippen MR) is 176 cm³/mol. The van der Waals surface area contributed by atoms with Crippen molar-refractivity contribution >= 4 is 21.8 Å². The van der Waals surface area contributed by atoms with Crippen molar-refractivity contribution in [2.75, 3.05) is 0 Å². The number of fused-ring (bicyclic) bond motifs is 2. The van der Waals surface area contributed by atoms with Crippen LogP contribution in [-0.4, -0.2) is 9.13 Å². The summed E-state index contributed by atoms with van der Waals surface area (Å²) >= 11 is 0. The van der Waals surface area contributed by atoms with E-state index in [9.17, 15) is 4.39 Å². The summed E-state index contributed by atoms with van der Waals surface area (Å²) in [5.74, 6) is -0.244. The van der Waals surface area contributed by atoms with Crippen LogP contribution in [0.2, 0.25) is 0 Å². The van der Waals surface area contributed by atoms with Gasteiger partial charge in [-0.3, -0.25) is 0 Å². The number of hydrogen-bond donors (Lipinski definition) is 0. The monoisotopic (exact) mass is 554 g/mol. The van der Waals surface area contributed by atoms with Gasteiger partial charge in [0.05, 0.1) is 22.4 Å². The Bertz CT molecular complexity index is 2210. The fourth-order valence-electron chi connectivity index (χ4n) is 6.13. The number of benzene rings is 6. The predicted octanol–water partition coefficient (Wildman–Crippen LogP) is 10.7. The zero-order valence-corrected chi connectivity index (χ0v) is 23.4. The van der Waals surface area contributed by atoms with Crippen LogP contribution in [0.1, 0.15) is 0 Å². The van der Waals surface area contributed by atoms with E-state index in [4.69, 9.17) is 0 Å². The minimum atomic E-state index is -0.244. The maximum atomic E-state index is 13.9. The van der Waals surface area contributed by atoms with Gasteiger partial charge in [-0.15, -0.1) is 0 Å². The van der Waals surface area contributed by atoms with E-state index in [0.29, 0.717) is 0 Å². The molecule has 3 heteroatoms. The average Bonchev–Trinajstić information content (AvgIpc) is 3.65. The zero-order chi connectivity index (χ0) is 28.8. The van der Waals surface area contributed by atoms with Crippen LogP contribution < -0.4 is 0 Å². The molecule has 0 radical (unpaired) electrons. The normalized spacial score (nSPS) is 11.4. The molecule has 2 nitrogen and oxygen atoms in total. The van der Waals surface area contributed by atoms with Crippen molar-refractivity contribution in [3.05, 3.63) is 170 Å². The fraction of sp³-hybridized carbons (Fsp3) is 0. The third kappa shape index (κ3) is 4.43. The van der Waals surface area contributed by atoms with E-state index >= 15 is 0 Å². The van der Waals surface area contributed by atoms with Crippen molar-refractivity contribution in [1.29, 1.82) is 0 Å². The molecule has 43 heavy (non-hydrogen) atoms. The van der Waals surface area contributed by atoms with Gasteiger partial charge in [0.15, 0.2) is 0 Å². The maximum absolute atomic E-state index is 13.9. The third-order valence-electron chi connectivity index (χ3n) is 8.18. The number of halogens is 1. The second-order valence-corrected chi connectivity index (χ2v) is 10.8. The second kappa shape index (κ2) is 10.3. The molecule has 0 saturated heterocycles. The fourth-order valence-corrected chi connectivity index (χ4v) is 6.13. The van der Waals surface area contributed by atoms with Gasteiger partial charge in [0.25, 0.3) is 0 Å². The summed E-state index contributed by atoms with van der Waals surface area (Å²) < 4.78 is 18.5. The van der Waals surface area contributed by atoms with Gasteiger partial charge in [0.2, 0.25) is 0 Å². The highest BCUT2D eigenvalue weighted by Crippen LogP contribution is 2.37. The van der Waals surface area contributed by atoms with Crippen molar-refractivity contribution < 1.29 is 4.39 Å². The van der Waals surface area contributed by atoms with Crippen molar-refractivity contribution in [1.82, 2.24) is 9.13 Å². The van der Waals surface area contributed by atoms with E-state index in [2.05, 4.69) is 130 Å². The van der Waals surface area contributed by atoms with Crippen molar-refractivity contribution in [2.24, 2.45) is 0 Å². The lowest BCUT2D eigenvalue weighted by Crippen LogP contribution is -1.97. The number of nitrogens with zero attached hydrogens (tertiary/aromatic N) is 2. The van der Waals surface area contributed by atoms with Gasteiger partial charge in [0.1, 0.15) is 5.82 Å². The molecule has 0 fully saturated rings. The van der Waals surface area contributed by atoms with Crippen LogP contribution in [0.4, 0.5) is 4.39 Å². The van der Waals surface area contributed by atoms with Crippen LogP contribution in [0.3, 0.4) is 0 Å². The molecule has 2 aromatic heterocycles. The summed E-state index contributed by atoms with van der Waals surface area (Å²) in [6.45, 7) is 0. The quantitative estimate of drug-likeness (QED) is 0.200. The summed E-state index contributed by atoms with van der Waals surface area (Å²) in [5.41, 5.74) is 11.1. The minimum Gasteiger partial charge on any atom is -0.309 e. The summed E-state index contributed by atoms with van der Waals surface area (Å²) in [4.78, 5) is 0. The minimum absolute atomic E-state index is 0.244. The van der Waals surface area contributed by atoms with Gasteiger partial charge in [-0.1, -0.05) is 103 Å². The molecule has 0 spiro atoms. The van der Waals surface area contributed by atoms with Gasteiger partial charge < -0.3 is 9.13 Å². The van der Waals surface area contributed by atoms with Crippen LogP contribution in [0.15, 0.2) is 164 Å². The molecule has 0 saturated carbocycles. The third-order valence-corrected chi connectivity index (χ3v) is 8.18. The Morgan fingerprint density at radius 3 is 1.23 bits per heavy atom. The standard InChI is InChI=1S/C40H27FN2/c41-34-20-22-36(23-21-34)43-38(29-12-6-2-7-13-29)27-33-19-17-31(25-40(33)43)30-16-18-32-26-37(28-10-4-1-5-11-28)42(39(32)24-30)35-14-8-3-9-15-35/h1-27H. The van der Waals surface area contributed by atoms with Crippen molar-refractivity contribution in [3.63, 3.8) is 0 Å². The molecule has 0 aliphatic rings. The van der Waals surface area contributed by atoms with E-state index in [1.165, 1.54) is 23.1 Å². The molecule has 0 aliphatic heterocycles. The highest BCUT2D eigenvalue weighted by molar-refractivity contribution is 5.95. The molecule has 6 aromatic carbocycles. The Morgan fingerprint density at radius 2 is 0.767 bits per heavy atom. The Morgan fingerprint density at radius 1 is 0.349 bits per heavy atom. The first-order valence-electron chi connectivity index (χ1n) is 14.5. The highest BCUT2D eigenvalue weighted by atomic mass is 19.1. The molecule has 0 atom stereocenters. The van der Waals surface area contributed by atoms with Crippen LogP contribution in [0.25, 0.3) is 66.8 Å². The molecular formula is C40H27FN2. The summed E-state index contributed by atoms with van der Waals surface area (Å²) in [6.07, 6.45) is 0. The van der Waals surface area contributed by atoms with Crippen LogP contribution in [-0.2, 0) is 0 Å². The Labute approximate surface area is 249 Å². The zero-order valence-electron chi connectivity index (χ0n) is 23.4. The lowest BCUT2D eigenvalue weighted by Gasteiger charge is -2.13. The largest absolute Gasteiger partial charge is 0.309 e. The van der Waals surface area contributed by atoms with Gasteiger partial charge in [-0.05, 0) is 82.9 Å². The van der Waals surface area contributed by atoms with Gasteiger partial charge in [-0.2, -0.15) is 0 Å². The molecule has 2 heterocycles. The first-order valence-corrected chi connectivity index (χ1v) is 14.5. The number of aromatic nitrogens is 2. The Hall–Kier alpha value is -5.67. The summed E-state index contributed by atoms with van der Waals surface area (Å²) in [7, 11) is 0. The maximum Gasteiger partial charge on any atom is 0.123 e. The van der Waals surface area contributed by atoms with Crippen molar-refractivity contribution in [3.8, 4) is 45.0 Å². The van der Waals surface area contributed by atoms with Gasteiger partial charge in [0, 0.05) is 22.1 Å². The van der Waals surface area contributed by atoms with Crippen LogP contribution >= 0.6 is 0 Å². The molecule has 0 unspecified atom stereocenters. The van der Waals surface area contributed by atoms with E-state index in [1.807, 2.05) is 30.3 Å². The first-order chi connectivity index (χ1) is 21.2. The second-order valence-electron chi connectivity index (χ2n) is 10.8. The molecule has 0 amide bonds. The van der Waals surface area contributed by atoms with E-state index in [1.54, 1.807) is 0 Å². The smallest absolute Gasteiger partial charge is 0.123 e. The number of para-hydroxylation sites is 1. The Balaban J connectivity index is 1.34. The summed E-state index contributed by atoms with van der Waals surface area (Å²) in [5, 5.41) is 2.32. The van der Waals surface area contributed by atoms with E-state index in [0.717, 1.165) is 55.9 Å². The molecule has 204 valence electrons. The lowest BCUT2D eigenvalue weighted by atomic mass is 10.0. The molecule has 0 bridgehead atoms. The van der Waals surface area contributed by atoms with Crippen LogP contribution in [0.5, 0.6) is 0 Å². The SMILES string of the molecule is Fc1ccc(-n2c(-c3ccccc3)cc3ccc(-c4ccc5cc(-c6ccccc6)n(-c6ccccc6)c5c4)cc32)cc1. The first kappa shape index (κ1) is 25.1. The van der Waals surface area contributed by atoms with Gasteiger partial charge in [-0.25, -0.2) is 4.39 Å². The van der Waals surface area contributed by atoms with Crippen LogP contribution in [0, 0.1) is 5.82 Å². The molecule has 0 aliphatic carbocycles. The van der Waals surface area contributed by atoms with E-state index in [-0.39, 0.29) is 5.82 Å². The number of hydrogen-bond acceptors (Lipinski definition) is 0. The lowest BCUT2D eigenvalue weighted by molar-refractivity contribution is 0.627. The average molecular weight is 555 g/mol. The number of rotatable bonds is 5. The molecule has 8 aromatic rings. The molecular weight excluding hydrogens is 527 g/mol. The van der Waals surface area contributed by atoms with Gasteiger partial charge >= 0.3 is 0 Å². The van der Waals surface area contributed by atoms with Crippen molar-refractivity contribution in [2.45, 2.75) is 0 Å². The van der Waals surface area contributed by atoms with E-state index < -0.39 is 0 Å².